The molecule has 18 heavy (non-hydrogen) atoms. The quantitative estimate of drug-likeness (QED) is 0.782. The molecule has 1 aromatic carbocycles. The second-order valence-corrected chi connectivity index (χ2v) is 4.86. The predicted molar refractivity (Wildman–Crippen MR) is 67.1 cm³/mol. The predicted octanol–water partition coefficient (Wildman–Crippen LogP) is 2.08. The zero-order valence-corrected chi connectivity index (χ0v) is 10.1. The van der Waals surface area contributed by atoms with Crippen LogP contribution in [0.4, 0.5) is 0 Å². The molecule has 6 heteroatoms. The minimum atomic E-state index is -1.03. The van der Waals surface area contributed by atoms with E-state index in [9.17, 15) is 4.79 Å². The van der Waals surface area contributed by atoms with Gasteiger partial charge in [-0.05, 0) is 5.56 Å². The van der Waals surface area contributed by atoms with Gasteiger partial charge < -0.3 is 5.11 Å². The van der Waals surface area contributed by atoms with Crippen molar-refractivity contribution < 1.29 is 9.90 Å². The average Bonchev–Trinajstić information content (AvgIpc) is 2.88. The van der Waals surface area contributed by atoms with Crippen molar-refractivity contribution in [3.8, 4) is 0 Å². The number of benzene rings is 1. The highest BCUT2D eigenvalue weighted by atomic mass is 32.1. The third-order valence-corrected chi connectivity index (χ3v) is 3.42. The summed E-state index contributed by atoms with van der Waals surface area (Å²) in [6.07, 6.45) is 2.17. The lowest BCUT2D eigenvalue weighted by Gasteiger charge is -1.95. The monoisotopic (exact) mass is 259 g/mol. The van der Waals surface area contributed by atoms with E-state index in [1.165, 1.54) is 27.6 Å². The maximum absolute atomic E-state index is 10.7. The number of hydrogen-bond donors (Lipinski definition) is 1. The molecule has 3 aromatic rings. The maximum Gasteiger partial charge on any atom is 0.356 e. The summed E-state index contributed by atoms with van der Waals surface area (Å²) in [6.45, 7) is 0. The standard InChI is InChI=1S/C12H9N3O2S/c16-11(17)9-7-15-12(13-9)18-10(14-15)6-8-4-2-1-3-5-8/h1-5,7H,6H2,(H,16,17). The third-order valence-electron chi connectivity index (χ3n) is 2.50. The van der Waals surface area contributed by atoms with Gasteiger partial charge >= 0.3 is 5.97 Å². The van der Waals surface area contributed by atoms with E-state index in [2.05, 4.69) is 10.1 Å². The average molecular weight is 259 g/mol. The van der Waals surface area contributed by atoms with E-state index in [0.29, 0.717) is 4.96 Å². The van der Waals surface area contributed by atoms with E-state index in [-0.39, 0.29) is 5.69 Å². The molecule has 2 aromatic heterocycles. The number of carboxylic acids is 1. The molecule has 2 heterocycles. The van der Waals surface area contributed by atoms with Crippen LogP contribution in [0, 0.1) is 0 Å². The fraction of sp³-hybridized carbons (Fsp3) is 0.0833. The molecule has 0 atom stereocenters. The Morgan fingerprint density at radius 3 is 2.78 bits per heavy atom. The van der Waals surface area contributed by atoms with Crippen molar-refractivity contribution >= 4 is 22.3 Å². The fourth-order valence-corrected chi connectivity index (χ4v) is 2.60. The van der Waals surface area contributed by atoms with Crippen molar-refractivity contribution in [2.75, 3.05) is 0 Å². The number of aromatic nitrogens is 3. The molecule has 0 amide bonds. The Bertz CT molecular complexity index is 671. The van der Waals surface area contributed by atoms with Gasteiger partial charge in [0.1, 0.15) is 5.01 Å². The van der Waals surface area contributed by atoms with Gasteiger partial charge in [-0.2, -0.15) is 5.10 Å². The van der Waals surface area contributed by atoms with E-state index < -0.39 is 5.97 Å². The number of aromatic carboxylic acids is 1. The first-order chi connectivity index (χ1) is 8.72. The lowest BCUT2D eigenvalue weighted by atomic mass is 10.2. The van der Waals surface area contributed by atoms with Crippen molar-refractivity contribution in [2.45, 2.75) is 6.42 Å². The van der Waals surface area contributed by atoms with Crippen molar-refractivity contribution in [3.63, 3.8) is 0 Å². The van der Waals surface area contributed by atoms with Gasteiger partial charge in [0, 0.05) is 6.42 Å². The molecule has 0 bridgehead atoms. The Morgan fingerprint density at radius 2 is 2.11 bits per heavy atom. The minimum absolute atomic E-state index is 0.0278. The second kappa shape index (κ2) is 4.23. The van der Waals surface area contributed by atoms with Crippen LogP contribution in [0.25, 0.3) is 4.96 Å². The Kier molecular flexibility index (Phi) is 2.56. The Morgan fingerprint density at radius 1 is 1.33 bits per heavy atom. The molecule has 0 aliphatic carbocycles. The molecular formula is C12H9N3O2S. The Balaban J connectivity index is 1.90. The molecule has 0 spiro atoms. The number of imidazole rings is 1. The first kappa shape index (κ1) is 10.9. The number of nitrogens with zero attached hydrogens (tertiary/aromatic N) is 3. The Labute approximate surface area is 106 Å². The minimum Gasteiger partial charge on any atom is -0.476 e. The van der Waals surface area contributed by atoms with Crippen LogP contribution >= 0.6 is 11.3 Å². The molecule has 1 N–H and O–H groups in total. The molecule has 90 valence electrons. The van der Waals surface area contributed by atoms with Gasteiger partial charge in [0.2, 0.25) is 4.96 Å². The lowest BCUT2D eigenvalue weighted by Crippen LogP contribution is -1.96. The van der Waals surface area contributed by atoms with Crippen LogP contribution in [0.15, 0.2) is 36.5 Å². The highest BCUT2D eigenvalue weighted by Crippen LogP contribution is 2.17. The van der Waals surface area contributed by atoms with Crippen molar-refractivity contribution in [1.29, 1.82) is 0 Å². The molecule has 0 aliphatic rings. The third kappa shape index (κ3) is 1.98. The van der Waals surface area contributed by atoms with Crippen molar-refractivity contribution in [3.05, 3.63) is 52.8 Å². The summed E-state index contributed by atoms with van der Waals surface area (Å²) in [5.74, 6) is -1.03. The van der Waals surface area contributed by atoms with Gasteiger partial charge in [-0.25, -0.2) is 14.3 Å². The smallest absolute Gasteiger partial charge is 0.356 e. The molecular weight excluding hydrogens is 250 g/mol. The zero-order chi connectivity index (χ0) is 12.5. The van der Waals surface area contributed by atoms with Crippen LogP contribution in [0.5, 0.6) is 0 Å². The number of carbonyl (C=O) groups is 1. The van der Waals surface area contributed by atoms with E-state index >= 15 is 0 Å². The summed E-state index contributed by atoms with van der Waals surface area (Å²) in [6, 6.07) is 10.0. The van der Waals surface area contributed by atoms with Gasteiger partial charge in [-0.1, -0.05) is 41.7 Å². The first-order valence-corrected chi connectivity index (χ1v) is 6.16. The normalized spacial score (nSPS) is 10.9. The number of fused-ring (bicyclic) bond motifs is 1. The molecule has 0 aliphatic heterocycles. The van der Waals surface area contributed by atoms with Crippen LogP contribution in [-0.4, -0.2) is 25.7 Å². The van der Waals surface area contributed by atoms with Crippen LogP contribution in [0.1, 0.15) is 21.1 Å². The lowest BCUT2D eigenvalue weighted by molar-refractivity contribution is 0.0691. The molecule has 0 saturated heterocycles. The molecule has 0 radical (unpaired) electrons. The SMILES string of the molecule is O=C(O)c1cn2nc(Cc3ccccc3)sc2n1. The van der Waals surface area contributed by atoms with Gasteiger partial charge in [-0.15, -0.1) is 0 Å². The summed E-state index contributed by atoms with van der Waals surface area (Å²) in [5, 5.41) is 14.0. The largest absolute Gasteiger partial charge is 0.476 e. The van der Waals surface area contributed by atoms with Crippen LogP contribution in [-0.2, 0) is 6.42 Å². The molecule has 3 rings (SSSR count). The summed E-state index contributed by atoms with van der Waals surface area (Å²) in [5.41, 5.74) is 1.20. The van der Waals surface area contributed by atoms with Crippen LogP contribution < -0.4 is 0 Å². The number of rotatable bonds is 3. The summed E-state index contributed by atoms with van der Waals surface area (Å²) < 4.78 is 1.52. The molecule has 0 unspecified atom stereocenters. The summed E-state index contributed by atoms with van der Waals surface area (Å²) >= 11 is 1.41. The van der Waals surface area contributed by atoms with Crippen molar-refractivity contribution in [2.24, 2.45) is 0 Å². The van der Waals surface area contributed by atoms with Gasteiger partial charge in [0.25, 0.3) is 0 Å². The number of hydrogen-bond acceptors (Lipinski definition) is 4. The summed E-state index contributed by atoms with van der Waals surface area (Å²) in [4.78, 5) is 15.3. The van der Waals surface area contributed by atoms with E-state index in [4.69, 9.17) is 5.11 Å². The van der Waals surface area contributed by atoms with Crippen LogP contribution in [0.3, 0.4) is 0 Å². The van der Waals surface area contributed by atoms with Gasteiger partial charge in [0.05, 0.1) is 6.20 Å². The molecule has 0 fully saturated rings. The highest BCUT2D eigenvalue weighted by molar-refractivity contribution is 7.16. The summed E-state index contributed by atoms with van der Waals surface area (Å²) in [7, 11) is 0. The van der Waals surface area contributed by atoms with Gasteiger partial charge in [-0.3, -0.25) is 0 Å². The Hall–Kier alpha value is -2.21. The topological polar surface area (TPSA) is 67.5 Å². The van der Waals surface area contributed by atoms with E-state index in [1.54, 1.807) is 0 Å². The van der Waals surface area contributed by atoms with E-state index in [0.717, 1.165) is 11.4 Å². The maximum atomic E-state index is 10.7. The number of carboxylic acid groups (broad SMARTS) is 1. The van der Waals surface area contributed by atoms with Crippen LogP contribution in [0.2, 0.25) is 0 Å². The first-order valence-electron chi connectivity index (χ1n) is 5.35. The zero-order valence-electron chi connectivity index (χ0n) is 9.28. The fourth-order valence-electron chi connectivity index (χ4n) is 1.69. The molecule has 5 nitrogen and oxygen atoms in total. The van der Waals surface area contributed by atoms with Gasteiger partial charge in [0.15, 0.2) is 5.69 Å². The van der Waals surface area contributed by atoms with Crippen molar-refractivity contribution in [1.82, 2.24) is 14.6 Å². The highest BCUT2D eigenvalue weighted by Gasteiger charge is 2.12. The second-order valence-electron chi connectivity index (χ2n) is 3.82. The molecule has 0 saturated carbocycles. The van der Waals surface area contributed by atoms with E-state index in [1.807, 2.05) is 30.3 Å².